The Morgan fingerprint density at radius 2 is 1.91 bits per heavy atom. The van der Waals surface area contributed by atoms with Crippen LogP contribution in [0.2, 0.25) is 0 Å². The van der Waals surface area contributed by atoms with Crippen LogP contribution >= 0.6 is 0 Å². The molecule has 1 saturated heterocycles. The Balaban J connectivity index is 0.000000219. The Morgan fingerprint density at radius 1 is 1.25 bits per heavy atom. The predicted octanol–water partition coefficient (Wildman–Crippen LogP) is 2.69. The zero-order chi connectivity index (χ0) is 23.4. The number of halogens is 2. The molecule has 1 atom stereocenters. The van der Waals surface area contributed by atoms with Crippen molar-refractivity contribution in [1.29, 1.82) is 5.26 Å². The van der Waals surface area contributed by atoms with Crippen LogP contribution in [0.3, 0.4) is 0 Å². The number of amides is 2. The molecule has 1 aromatic heterocycles. The van der Waals surface area contributed by atoms with Gasteiger partial charge in [0.15, 0.2) is 0 Å². The van der Waals surface area contributed by atoms with Gasteiger partial charge in [-0.15, -0.1) is 0 Å². The molecule has 174 valence electrons. The van der Waals surface area contributed by atoms with Gasteiger partial charge in [0.05, 0.1) is 18.5 Å². The normalized spacial score (nSPS) is 20.9. The average molecular weight is 450 g/mol. The van der Waals surface area contributed by atoms with Crippen LogP contribution < -0.4 is 11.1 Å². The first-order valence-electron chi connectivity index (χ1n) is 10.8. The summed E-state index contributed by atoms with van der Waals surface area (Å²) in [6.45, 7) is 1.52. The van der Waals surface area contributed by atoms with Gasteiger partial charge < -0.3 is 21.1 Å². The van der Waals surface area contributed by atoms with E-state index in [1.165, 1.54) is 30.0 Å². The lowest BCUT2D eigenvalue weighted by Crippen LogP contribution is -2.48. The molecule has 4 rings (SSSR count). The molecule has 1 spiro atoms. The Morgan fingerprint density at radius 3 is 2.38 bits per heavy atom. The first-order chi connectivity index (χ1) is 15.1. The highest BCUT2D eigenvalue weighted by Gasteiger charge is 2.46. The van der Waals surface area contributed by atoms with E-state index in [4.69, 9.17) is 16.1 Å². The number of nitrogens with zero attached hydrogens (tertiary/aromatic N) is 3. The van der Waals surface area contributed by atoms with Crippen LogP contribution in [-0.2, 0) is 11.2 Å². The Kier molecular flexibility index (Phi) is 6.98. The average Bonchev–Trinajstić information content (AvgIpc) is 3.67. The fourth-order valence-corrected chi connectivity index (χ4v) is 3.82. The summed E-state index contributed by atoms with van der Waals surface area (Å²) in [7, 11) is 0. The number of pyridine rings is 1. The van der Waals surface area contributed by atoms with Gasteiger partial charge in [0, 0.05) is 31.4 Å². The summed E-state index contributed by atoms with van der Waals surface area (Å²) in [5.41, 5.74) is 5.46. The molecule has 4 N–H and O–H groups in total. The van der Waals surface area contributed by atoms with Gasteiger partial charge in [-0.2, -0.15) is 5.26 Å². The summed E-state index contributed by atoms with van der Waals surface area (Å²) in [5, 5.41) is 19.9. The minimum atomic E-state index is -3.13. The van der Waals surface area contributed by atoms with E-state index in [2.05, 4.69) is 10.3 Å². The third kappa shape index (κ3) is 6.60. The highest BCUT2D eigenvalue weighted by Crippen LogP contribution is 2.53. The quantitative estimate of drug-likeness (QED) is 0.612. The molecule has 2 amide bonds. The standard InChI is InChI=1S/C14H16F2N4O.C8H13NO2/c15-14(16,7-10-3-1-2-6-19-10)8-11(18)12(21)20-13(9-17)4-5-13;10-7(11)9-5-3-8(1-2-8)4-6-9/h1-3,6,11H,4-5,7-8,18H2,(H,20,21);1-6H2,(H,10,11)/t11-;/m0./s1. The van der Waals surface area contributed by atoms with Gasteiger partial charge in [-0.1, -0.05) is 6.07 Å². The summed E-state index contributed by atoms with van der Waals surface area (Å²) in [4.78, 5) is 27.6. The van der Waals surface area contributed by atoms with E-state index in [9.17, 15) is 18.4 Å². The van der Waals surface area contributed by atoms with Crippen molar-refractivity contribution in [1.82, 2.24) is 15.2 Å². The maximum absolute atomic E-state index is 13.9. The van der Waals surface area contributed by atoms with Crippen molar-refractivity contribution in [3.63, 3.8) is 0 Å². The van der Waals surface area contributed by atoms with Gasteiger partial charge in [-0.25, -0.2) is 13.6 Å². The van der Waals surface area contributed by atoms with E-state index in [0.29, 0.717) is 18.3 Å². The summed E-state index contributed by atoms with van der Waals surface area (Å²) < 4.78 is 27.8. The lowest BCUT2D eigenvalue weighted by Gasteiger charge is -2.29. The van der Waals surface area contributed by atoms with Crippen molar-refractivity contribution >= 4 is 12.0 Å². The number of hydrogen-bond acceptors (Lipinski definition) is 5. The van der Waals surface area contributed by atoms with Crippen molar-refractivity contribution in [3.8, 4) is 6.07 Å². The highest BCUT2D eigenvalue weighted by molar-refractivity contribution is 5.83. The second-order valence-electron chi connectivity index (χ2n) is 9.12. The molecule has 32 heavy (non-hydrogen) atoms. The maximum Gasteiger partial charge on any atom is 0.407 e. The molecule has 3 aliphatic rings. The minimum Gasteiger partial charge on any atom is -0.465 e. The monoisotopic (exact) mass is 449 g/mol. The van der Waals surface area contributed by atoms with E-state index in [-0.39, 0.29) is 5.69 Å². The van der Waals surface area contributed by atoms with Crippen LogP contribution in [-0.4, -0.2) is 57.6 Å². The van der Waals surface area contributed by atoms with Gasteiger partial charge in [0.2, 0.25) is 5.91 Å². The van der Waals surface area contributed by atoms with E-state index >= 15 is 0 Å². The van der Waals surface area contributed by atoms with Gasteiger partial charge in [0.25, 0.3) is 5.92 Å². The molecule has 2 aliphatic carbocycles. The first kappa shape index (κ1) is 23.9. The number of nitrogens with two attached hydrogens (primary N) is 1. The first-order valence-corrected chi connectivity index (χ1v) is 10.8. The third-order valence-electron chi connectivity index (χ3n) is 6.40. The number of carbonyl (C=O) groups is 2. The molecule has 10 heteroatoms. The zero-order valence-corrected chi connectivity index (χ0v) is 17.9. The number of aromatic nitrogens is 1. The molecule has 8 nitrogen and oxygen atoms in total. The number of carbonyl (C=O) groups excluding carboxylic acids is 1. The number of likely N-dealkylation sites (tertiary alicyclic amines) is 1. The van der Waals surface area contributed by atoms with Crippen molar-refractivity contribution in [2.75, 3.05) is 13.1 Å². The molecular weight excluding hydrogens is 420 g/mol. The molecule has 0 bridgehead atoms. The Labute approximate surface area is 185 Å². The third-order valence-corrected chi connectivity index (χ3v) is 6.40. The van der Waals surface area contributed by atoms with E-state index in [1.54, 1.807) is 12.1 Å². The van der Waals surface area contributed by atoms with E-state index in [1.807, 2.05) is 6.07 Å². The fraction of sp³-hybridized carbons (Fsp3) is 0.636. The number of nitrogens with one attached hydrogen (secondary N) is 1. The van der Waals surface area contributed by atoms with Crippen molar-refractivity contribution in [3.05, 3.63) is 30.1 Å². The van der Waals surface area contributed by atoms with Crippen LogP contribution in [0.1, 0.15) is 50.6 Å². The molecule has 0 radical (unpaired) electrons. The number of nitriles is 1. The minimum absolute atomic E-state index is 0.241. The summed E-state index contributed by atoms with van der Waals surface area (Å²) in [6, 6.07) is 5.35. The van der Waals surface area contributed by atoms with Crippen LogP contribution in [0, 0.1) is 16.7 Å². The highest BCUT2D eigenvalue weighted by atomic mass is 19.3. The molecule has 3 fully saturated rings. The number of rotatable bonds is 6. The number of hydrogen-bond donors (Lipinski definition) is 3. The van der Waals surface area contributed by atoms with Gasteiger partial charge in [-0.05, 0) is 56.1 Å². The van der Waals surface area contributed by atoms with Crippen LogP contribution in [0.25, 0.3) is 0 Å². The molecular formula is C22H29F2N5O3. The topological polar surface area (TPSA) is 132 Å². The SMILES string of the molecule is N#CC1(NC(=O)[C@@H](N)CC(F)(F)Cc2ccccn2)CC1.O=C(O)N1CCC2(CC1)CC2. The summed E-state index contributed by atoms with van der Waals surface area (Å²) in [5.74, 6) is -3.84. The van der Waals surface area contributed by atoms with E-state index < -0.39 is 42.3 Å². The molecule has 0 unspecified atom stereocenters. The molecule has 1 aromatic rings. The van der Waals surface area contributed by atoms with E-state index in [0.717, 1.165) is 25.9 Å². The second-order valence-corrected chi connectivity index (χ2v) is 9.12. The number of piperidine rings is 1. The van der Waals surface area contributed by atoms with Crippen molar-refractivity contribution in [2.24, 2.45) is 11.1 Å². The molecule has 2 saturated carbocycles. The van der Waals surface area contributed by atoms with Crippen LogP contribution in [0.5, 0.6) is 0 Å². The Bertz CT molecular complexity index is 856. The molecule has 2 heterocycles. The van der Waals surface area contributed by atoms with Gasteiger partial charge in [-0.3, -0.25) is 9.78 Å². The van der Waals surface area contributed by atoms with Gasteiger partial charge in [0.1, 0.15) is 5.54 Å². The fourth-order valence-electron chi connectivity index (χ4n) is 3.82. The summed E-state index contributed by atoms with van der Waals surface area (Å²) >= 11 is 0. The van der Waals surface area contributed by atoms with Gasteiger partial charge >= 0.3 is 6.09 Å². The van der Waals surface area contributed by atoms with Crippen LogP contribution in [0.4, 0.5) is 13.6 Å². The predicted molar refractivity (Wildman–Crippen MR) is 112 cm³/mol. The Hall–Kier alpha value is -2.80. The maximum atomic E-state index is 13.9. The number of carboxylic acid groups (broad SMARTS) is 1. The smallest absolute Gasteiger partial charge is 0.407 e. The van der Waals surface area contributed by atoms with Crippen molar-refractivity contribution in [2.45, 2.75) is 68.9 Å². The number of alkyl halides is 2. The lowest BCUT2D eigenvalue weighted by molar-refractivity contribution is -0.125. The molecule has 1 aliphatic heterocycles. The largest absolute Gasteiger partial charge is 0.465 e. The van der Waals surface area contributed by atoms with Crippen molar-refractivity contribution < 1.29 is 23.5 Å². The van der Waals surface area contributed by atoms with Crippen LogP contribution in [0.15, 0.2) is 24.4 Å². The lowest BCUT2D eigenvalue weighted by atomic mass is 9.94. The molecule has 0 aromatic carbocycles. The second kappa shape index (κ2) is 9.36. The summed E-state index contributed by atoms with van der Waals surface area (Å²) in [6.07, 6.45) is 5.26. The zero-order valence-electron chi connectivity index (χ0n) is 17.9.